The molecule has 5 nitrogen and oxygen atoms in total. The lowest BCUT2D eigenvalue weighted by molar-refractivity contribution is -0.151. The van der Waals surface area contributed by atoms with Gasteiger partial charge < -0.3 is 14.7 Å². The van der Waals surface area contributed by atoms with Gasteiger partial charge in [-0.2, -0.15) is 0 Å². The highest BCUT2D eigenvalue weighted by Gasteiger charge is 2.53. The normalized spacial score (nSPS) is 23.4. The molecule has 1 N–H and O–H groups in total. The fourth-order valence-electron chi connectivity index (χ4n) is 2.84. The summed E-state index contributed by atoms with van der Waals surface area (Å²) in [5.41, 5.74) is 0.827. The van der Waals surface area contributed by atoms with E-state index in [0.717, 1.165) is 5.56 Å². The van der Waals surface area contributed by atoms with Crippen LogP contribution in [0.1, 0.15) is 38.1 Å². The summed E-state index contributed by atoms with van der Waals surface area (Å²) >= 11 is 1.48. The zero-order chi connectivity index (χ0) is 16.5. The Morgan fingerprint density at radius 1 is 1.36 bits per heavy atom. The number of rotatable bonds is 4. The SMILES string of the molecule is CCC(=O)N1[C@@H](C(=O)O)C(C)(C)S[C@H]1c1ccccc1OC. The van der Waals surface area contributed by atoms with Crippen molar-refractivity contribution in [3.05, 3.63) is 29.8 Å². The number of carbonyl (C=O) groups excluding carboxylic acids is 1. The van der Waals surface area contributed by atoms with Crippen LogP contribution in [0.25, 0.3) is 0 Å². The van der Waals surface area contributed by atoms with Crippen molar-refractivity contribution in [2.75, 3.05) is 7.11 Å². The number of methoxy groups -OCH3 is 1. The minimum atomic E-state index is -0.975. The first-order chi connectivity index (χ1) is 10.3. The largest absolute Gasteiger partial charge is 0.496 e. The van der Waals surface area contributed by atoms with Gasteiger partial charge in [0.25, 0.3) is 0 Å². The zero-order valence-electron chi connectivity index (χ0n) is 13.2. The Labute approximate surface area is 134 Å². The van der Waals surface area contributed by atoms with Crippen LogP contribution in [0.5, 0.6) is 5.75 Å². The van der Waals surface area contributed by atoms with Gasteiger partial charge in [-0.3, -0.25) is 4.79 Å². The number of hydrogen-bond acceptors (Lipinski definition) is 4. The molecule has 0 saturated carbocycles. The molecule has 0 bridgehead atoms. The maximum absolute atomic E-state index is 12.4. The van der Waals surface area contributed by atoms with Crippen molar-refractivity contribution in [2.24, 2.45) is 0 Å². The summed E-state index contributed by atoms with van der Waals surface area (Å²) in [6, 6.07) is 6.57. The first-order valence-electron chi connectivity index (χ1n) is 7.18. The Kier molecular flexibility index (Phi) is 4.70. The van der Waals surface area contributed by atoms with Gasteiger partial charge in [-0.15, -0.1) is 11.8 Å². The van der Waals surface area contributed by atoms with E-state index < -0.39 is 16.8 Å². The predicted octanol–water partition coefficient (Wildman–Crippen LogP) is 2.91. The number of ether oxygens (including phenoxy) is 1. The molecule has 0 aromatic heterocycles. The molecule has 2 atom stereocenters. The van der Waals surface area contributed by atoms with E-state index >= 15 is 0 Å². The number of hydrogen-bond donors (Lipinski definition) is 1. The van der Waals surface area contributed by atoms with Crippen LogP contribution in [0.3, 0.4) is 0 Å². The minimum absolute atomic E-state index is 0.165. The van der Waals surface area contributed by atoms with Crippen molar-refractivity contribution in [2.45, 2.75) is 43.4 Å². The molecule has 1 aromatic rings. The number of thioether (sulfide) groups is 1. The molecular weight excluding hydrogens is 302 g/mol. The molecule has 2 rings (SSSR count). The summed E-state index contributed by atoms with van der Waals surface area (Å²) in [4.78, 5) is 25.6. The number of aliphatic carboxylic acids is 1. The predicted molar refractivity (Wildman–Crippen MR) is 86.0 cm³/mol. The molecule has 1 heterocycles. The highest BCUT2D eigenvalue weighted by molar-refractivity contribution is 8.01. The molecule has 1 aromatic carbocycles. The van der Waals surface area contributed by atoms with Crippen molar-refractivity contribution in [1.29, 1.82) is 0 Å². The molecule has 0 spiro atoms. The van der Waals surface area contributed by atoms with Gasteiger partial charge in [0.2, 0.25) is 5.91 Å². The molecule has 1 aliphatic heterocycles. The van der Waals surface area contributed by atoms with E-state index in [1.807, 2.05) is 38.1 Å². The van der Waals surface area contributed by atoms with Gasteiger partial charge in [0.1, 0.15) is 17.2 Å². The lowest BCUT2D eigenvalue weighted by atomic mass is 10.0. The van der Waals surface area contributed by atoms with Crippen molar-refractivity contribution in [3.63, 3.8) is 0 Å². The Hall–Kier alpha value is -1.69. The maximum atomic E-state index is 12.4. The lowest BCUT2D eigenvalue weighted by Gasteiger charge is -2.30. The Morgan fingerprint density at radius 3 is 2.55 bits per heavy atom. The molecule has 120 valence electrons. The quantitative estimate of drug-likeness (QED) is 0.923. The standard InChI is InChI=1S/C16H21NO4S/c1-5-12(18)17-13(15(19)20)16(2,3)22-14(17)10-8-6-7-9-11(10)21-4/h6-9,13-14H,5H2,1-4H3,(H,19,20)/t13-,14-/m0/s1. The van der Waals surface area contributed by atoms with E-state index in [-0.39, 0.29) is 17.7 Å². The van der Waals surface area contributed by atoms with E-state index in [0.29, 0.717) is 5.75 Å². The van der Waals surface area contributed by atoms with Crippen LogP contribution in [0.15, 0.2) is 24.3 Å². The van der Waals surface area contributed by atoms with E-state index in [4.69, 9.17) is 4.74 Å². The average Bonchev–Trinajstić information content (AvgIpc) is 2.77. The highest BCUT2D eigenvalue weighted by Crippen LogP contribution is 2.54. The van der Waals surface area contributed by atoms with Crippen LogP contribution in [0, 0.1) is 0 Å². The van der Waals surface area contributed by atoms with Crippen molar-refractivity contribution < 1.29 is 19.4 Å². The van der Waals surface area contributed by atoms with E-state index in [2.05, 4.69) is 0 Å². The van der Waals surface area contributed by atoms with Gasteiger partial charge in [-0.05, 0) is 19.9 Å². The summed E-state index contributed by atoms with van der Waals surface area (Å²) in [5, 5.41) is 9.26. The topological polar surface area (TPSA) is 66.8 Å². The molecule has 22 heavy (non-hydrogen) atoms. The van der Waals surface area contributed by atoms with E-state index in [1.54, 1.807) is 14.0 Å². The number of nitrogens with zero attached hydrogens (tertiary/aromatic N) is 1. The Bertz CT molecular complexity index is 587. The summed E-state index contributed by atoms with van der Waals surface area (Å²) in [7, 11) is 1.57. The molecule has 1 fully saturated rings. The van der Waals surface area contributed by atoms with E-state index in [1.165, 1.54) is 16.7 Å². The van der Waals surface area contributed by atoms with Crippen molar-refractivity contribution in [3.8, 4) is 5.75 Å². The van der Waals surface area contributed by atoms with Crippen molar-refractivity contribution >= 4 is 23.6 Å². The fraction of sp³-hybridized carbons (Fsp3) is 0.500. The summed E-state index contributed by atoms with van der Waals surface area (Å²) in [6.07, 6.45) is 0.270. The molecule has 1 saturated heterocycles. The van der Waals surface area contributed by atoms with Gasteiger partial charge in [-0.25, -0.2) is 4.79 Å². The zero-order valence-corrected chi connectivity index (χ0v) is 14.0. The number of amides is 1. The molecule has 0 aliphatic carbocycles. The number of carbonyl (C=O) groups is 2. The van der Waals surface area contributed by atoms with Gasteiger partial charge in [0.05, 0.1) is 7.11 Å². The minimum Gasteiger partial charge on any atom is -0.496 e. The summed E-state index contributed by atoms with van der Waals surface area (Å²) in [5.74, 6) is -0.478. The number of para-hydroxylation sites is 1. The van der Waals surface area contributed by atoms with Crippen molar-refractivity contribution in [1.82, 2.24) is 4.90 Å². The van der Waals surface area contributed by atoms with Gasteiger partial charge in [-0.1, -0.05) is 25.1 Å². The second-order valence-corrected chi connectivity index (χ2v) is 7.45. The third-order valence-corrected chi connectivity index (χ3v) is 5.37. The first kappa shape index (κ1) is 16.7. The fourth-order valence-corrected chi connectivity index (χ4v) is 4.43. The third-order valence-electron chi connectivity index (χ3n) is 3.83. The van der Waals surface area contributed by atoms with Gasteiger partial charge in [0, 0.05) is 16.7 Å². The maximum Gasteiger partial charge on any atom is 0.327 e. The van der Waals surface area contributed by atoms with Gasteiger partial charge >= 0.3 is 5.97 Å². The first-order valence-corrected chi connectivity index (χ1v) is 8.06. The monoisotopic (exact) mass is 323 g/mol. The highest BCUT2D eigenvalue weighted by atomic mass is 32.2. The molecule has 0 unspecified atom stereocenters. The lowest BCUT2D eigenvalue weighted by Crippen LogP contribution is -2.49. The number of benzene rings is 1. The Balaban J connectivity index is 2.54. The van der Waals surface area contributed by atoms with Crippen LogP contribution >= 0.6 is 11.8 Å². The molecule has 6 heteroatoms. The molecule has 0 radical (unpaired) electrons. The summed E-state index contributed by atoms with van der Waals surface area (Å²) < 4.78 is 4.80. The molecule has 1 amide bonds. The van der Waals surface area contributed by atoms with Crippen LogP contribution in [0.2, 0.25) is 0 Å². The van der Waals surface area contributed by atoms with Crippen LogP contribution in [0.4, 0.5) is 0 Å². The second kappa shape index (κ2) is 6.20. The molecule has 1 aliphatic rings. The van der Waals surface area contributed by atoms with Crippen LogP contribution in [-0.2, 0) is 9.59 Å². The van der Waals surface area contributed by atoms with Crippen LogP contribution in [-0.4, -0.2) is 39.8 Å². The van der Waals surface area contributed by atoms with Crippen LogP contribution < -0.4 is 4.74 Å². The smallest absolute Gasteiger partial charge is 0.327 e. The average molecular weight is 323 g/mol. The summed E-state index contributed by atoms with van der Waals surface area (Å²) in [6.45, 7) is 5.47. The molecular formula is C16H21NO4S. The Morgan fingerprint density at radius 2 is 2.00 bits per heavy atom. The van der Waals surface area contributed by atoms with E-state index in [9.17, 15) is 14.7 Å². The number of carboxylic acid groups (broad SMARTS) is 1. The van der Waals surface area contributed by atoms with Gasteiger partial charge in [0.15, 0.2) is 0 Å². The second-order valence-electron chi connectivity index (χ2n) is 5.71. The third kappa shape index (κ3) is 2.79. The number of carboxylic acids is 1.